The fraction of sp³-hybridized carbons (Fsp3) is 1.00. The molecule has 0 aromatic rings. The standard InChI is InChI=1S/C17H34N4/c1-19(2)12-14-6-8-21(9-7-14)17(13-18)10-15-4-5-16(11-17)20(15)3/h14-16H,4-13,18H2,1-3H3. The van der Waals surface area contributed by atoms with Gasteiger partial charge in [-0.15, -0.1) is 0 Å². The van der Waals surface area contributed by atoms with Crippen molar-refractivity contribution in [2.75, 3.05) is 47.3 Å². The summed E-state index contributed by atoms with van der Waals surface area (Å²) in [5.74, 6) is 0.883. The summed E-state index contributed by atoms with van der Waals surface area (Å²) in [5, 5.41) is 0. The second-order valence-corrected chi connectivity index (χ2v) is 8.08. The lowest BCUT2D eigenvalue weighted by atomic mass is 9.79. The van der Waals surface area contributed by atoms with Crippen LogP contribution in [0.1, 0.15) is 38.5 Å². The van der Waals surface area contributed by atoms with Gasteiger partial charge in [0.05, 0.1) is 0 Å². The van der Waals surface area contributed by atoms with Gasteiger partial charge >= 0.3 is 0 Å². The van der Waals surface area contributed by atoms with E-state index in [2.05, 4.69) is 35.8 Å². The number of likely N-dealkylation sites (tertiary alicyclic amines) is 1. The minimum Gasteiger partial charge on any atom is -0.329 e. The minimum absolute atomic E-state index is 0.307. The Labute approximate surface area is 130 Å². The van der Waals surface area contributed by atoms with E-state index in [-0.39, 0.29) is 0 Å². The molecule has 2 atom stereocenters. The summed E-state index contributed by atoms with van der Waals surface area (Å²) in [4.78, 5) is 7.75. The first-order valence-electron chi connectivity index (χ1n) is 8.86. The van der Waals surface area contributed by atoms with Crippen LogP contribution in [0.25, 0.3) is 0 Å². The summed E-state index contributed by atoms with van der Waals surface area (Å²) in [6, 6.07) is 1.57. The van der Waals surface area contributed by atoms with Crippen LogP contribution >= 0.6 is 0 Å². The van der Waals surface area contributed by atoms with Crippen LogP contribution in [0.4, 0.5) is 0 Å². The molecule has 4 nitrogen and oxygen atoms in total. The zero-order valence-electron chi connectivity index (χ0n) is 14.2. The average Bonchev–Trinajstić information content (AvgIpc) is 2.70. The third kappa shape index (κ3) is 3.00. The highest BCUT2D eigenvalue weighted by Crippen LogP contribution is 2.43. The monoisotopic (exact) mass is 294 g/mol. The summed E-state index contributed by atoms with van der Waals surface area (Å²) in [7, 11) is 6.72. The molecule has 2 bridgehead atoms. The van der Waals surface area contributed by atoms with E-state index >= 15 is 0 Å². The number of fused-ring (bicyclic) bond motifs is 2. The molecular formula is C17H34N4. The number of rotatable bonds is 4. The van der Waals surface area contributed by atoms with Crippen molar-refractivity contribution in [1.29, 1.82) is 0 Å². The van der Waals surface area contributed by atoms with Gasteiger partial charge in [-0.3, -0.25) is 4.90 Å². The number of piperidine rings is 2. The topological polar surface area (TPSA) is 35.7 Å². The van der Waals surface area contributed by atoms with Gasteiger partial charge < -0.3 is 15.5 Å². The maximum absolute atomic E-state index is 6.31. The largest absolute Gasteiger partial charge is 0.329 e. The Morgan fingerprint density at radius 1 is 1.05 bits per heavy atom. The summed E-state index contributed by atoms with van der Waals surface area (Å²) in [6.45, 7) is 4.63. The van der Waals surface area contributed by atoms with Crippen molar-refractivity contribution in [2.45, 2.75) is 56.1 Å². The quantitative estimate of drug-likeness (QED) is 0.845. The van der Waals surface area contributed by atoms with Crippen molar-refractivity contribution < 1.29 is 0 Å². The van der Waals surface area contributed by atoms with Crippen molar-refractivity contribution in [3.05, 3.63) is 0 Å². The van der Waals surface area contributed by atoms with E-state index in [0.29, 0.717) is 5.54 Å². The highest BCUT2D eigenvalue weighted by Gasteiger charge is 2.49. The maximum atomic E-state index is 6.31. The molecule has 3 saturated heterocycles. The lowest BCUT2D eigenvalue weighted by Crippen LogP contribution is -2.63. The van der Waals surface area contributed by atoms with Crippen LogP contribution in [-0.4, -0.2) is 79.6 Å². The fourth-order valence-electron chi connectivity index (χ4n) is 5.20. The van der Waals surface area contributed by atoms with Gasteiger partial charge in [0, 0.05) is 30.7 Å². The zero-order valence-corrected chi connectivity index (χ0v) is 14.2. The molecule has 3 heterocycles. The van der Waals surface area contributed by atoms with Crippen LogP contribution < -0.4 is 5.73 Å². The van der Waals surface area contributed by atoms with E-state index in [1.54, 1.807) is 0 Å². The predicted octanol–water partition coefficient (Wildman–Crippen LogP) is 1.21. The van der Waals surface area contributed by atoms with E-state index in [4.69, 9.17) is 5.73 Å². The smallest absolute Gasteiger partial charge is 0.0361 e. The molecule has 0 aliphatic carbocycles. The lowest BCUT2D eigenvalue weighted by molar-refractivity contribution is -0.0186. The van der Waals surface area contributed by atoms with Crippen molar-refractivity contribution in [3.8, 4) is 0 Å². The van der Waals surface area contributed by atoms with Crippen molar-refractivity contribution in [2.24, 2.45) is 11.7 Å². The van der Waals surface area contributed by atoms with Crippen LogP contribution in [0.3, 0.4) is 0 Å². The predicted molar refractivity (Wildman–Crippen MR) is 88.4 cm³/mol. The lowest BCUT2D eigenvalue weighted by Gasteiger charge is -2.53. The zero-order chi connectivity index (χ0) is 15.0. The number of hydrogen-bond acceptors (Lipinski definition) is 4. The van der Waals surface area contributed by atoms with E-state index in [1.165, 1.54) is 58.2 Å². The van der Waals surface area contributed by atoms with E-state index in [1.807, 2.05) is 0 Å². The highest BCUT2D eigenvalue weighted by atomic mass is 15.3. The molecular weight excluding hydrogens is 260 g/mol. The number of nitrogens with zero attached hydrogens (tertiary/aromatic N) is 3. The number of hydrogen-bond donors (Lipinski definition) is 1. The molecule has 0 aromatic heterocycles. The van der Waals surface area contributed by atoms with Gasteiger partial charge in [0.1, 0.15) is 0 Å². The number of nitrogens with two attached hydrogens (primary N) is 1. The Kier molecular flexibility index (Phi) is 4.60. The third-order valence-electron chi connectivity index (χ3n) is 6.50. The van der Waals surface area contributed by atoms with Crippen LogP contribution in [0.15, 0.2) is 0 Å². The Balaban J connectivity index is 1.63. The summed E-state index contributed by atoms with van der Waals surface area (Å²) < 4.78 is 0. The highest BCUT2D eigenvalue weighted by molar-refractivity contribution is 5.07. The molecule has 0 aromatic carbocycles. The Morgan fingerprint density at radius 3 is 2.10 bits per heavy atom. The maximum Gasteiger partial charge on any atom is 0.0361 e. The Morgan fingerprint density at radius 2 is 1.62 bits per heavy atom. The molecule has 122 valence electrons. The molecule has 0 radical (unpaired) electrons. The normalized spacial score (nSPS) is 39.3. The Hall–Kier alpha value is -0.160. The molecule has 3 rings (SSSR count). The molecule has 3 fully saturated rings. The first-order chi connectivity index (χ1) is 10.0. The van der Waals surface area contributed by atoms with Gasteiger partial charge in [-0.2, -0.15) is 0 Å². The van der Waals surface area contributed by atoms with E-state index in [9.17, 15) is 0 Å². The molecule has 21 heavy (non-hydrogen) atoms. The van der Waals surface area contributed by atoms with Gasteiger partial charge in [-0.1, -0.05) is 0 Å². The molecule has 0 saturated carbocycles. The van der Waals surface area contributed by atoms with Gasteiger partial charge in [-0.05, 0) is 78.7 Å². The second kappa shape index (κ2) is 6.15. The molecule has 4 heteroatoms. The van der Waals surface area contributed by atoms with Gasteiger partial charge in [-0.25, -0.2) is 0 Å². The Bertz CT molecular complexity index is 335. The SMILES string of the molecule is CN(C)CC1CCN(C2(CN)CC3CCC(C2)N3C)CC1. The third-order valence-corrected chi connectivity index (χ3v) is 6.50. The van der Waals surface area contributed by atoms with Crippen LogP contribution in [0.2, 0.25) is 0 Å². The van der Waals surface area contributed by atoms with Crippen molar-refractivity contribution in [3.63, 3.8) is 0 Å². The molecule has 3 aliphatic heterocycles. The van der Waals surface area contributed by atoms with E-state index in [0.717, 1.165) is 24.5 Å². The summed E-state index contributed by atoms with van der Waals surface area (Å²) >= 11 is 0. The molecule has 2 N–H and O–H groups in total. The van der Waals surface area contributed by atoms with Crippen LogP contribution in [-0.2, 0) is 0 Å². The van der Waals surface area contributed by atoms with Gasteiger partial charge in [0.25, 0.3) is 0 Å². The fourth-order valence-corrected chi connectivity index (χ4v) is 5.20. The van der Waals surface area contributed by atoms with Gasteiger partial charge in [0.2, 0.25) is 0 Å². The molecule has 3 aliphatic rings. The van der Waals surface area contributed by atoms with Crippen LogP contribution in [0.5, 0.6) is 0 Å². The second-order valence-electron chi connectivity index (χ2n) is 8.08. The molecule has 0 spiro atoms. The minimum atomic E-state index is 0.307. The first kappa shape index (κ1) is 15.7. The van der Waals surface area contributed by atoms with Crippen molar-refractivity contribution in [1.82, 2.24) is 14.7 Å². The van der Waals surface area contributed by atoms with E-state index < -0.39 is 0 Å². The van der Waals surface area contributed by atoms with Crippen molar-refractivity contribution >= 4 is 0 Å². The summed E-state index contributed by atoms with van der Waals surface area (Å²) in [5.41, 5.74) is 6.62. The average molecular weight is 294 g/mol. The van der Waals surface area contributed by atoms with Crippen LogP contribution in [0, 0.1) is 5.92 Å². The first-order valence-corrected chi connectivity index (χ1v) is 8.86. The molecule has 0 amide bonds. The molecule has 2 unspecified atom stereocenters. The summed E-state index contributed by atoms with van der Waals surface area (Å²) in [6.07, 6.45) is 8.08. The van der Waals surface area contributed by atoms with Gasteiger partial charge in [0.15, 0.2) is 0 Å².